The second-order valence-electron chi connectivity index (χ2n) is 6.69. The van der Waals surface area contributed by atoms with Crippen LogP contribution < -0.4 is 5.32 Å². The molecule has 0 aromatic carbocycles. The molecule has 1 aliphatic heterocycles. The van der Waals surface area contributed by atoms with Crippen LogP contribution in [0.2, 0.25) is 0 Å². The van der Waals surface area contributed by atoms with E-state index in [4.69, 9.17) is 5.26 Å². The Hall–Kier alpha value is -2.16. The van der Waals surface area contributed by atoms with Gasteiger partial charge in [-0.3, -0.25) is 4.79 Å². The van der Waals surface area contributed by atoms with E-state index in [2.05, 4.69) is 21.4 Å². The first-order valence-corrected chi connectivity index (χ1v) is 8.29. The van der Waals surface area contributed by atoms with Crippen molar-refractivity contribution in [1.29, 1.82) is 5.26 Å². The molecule has 0 spiro atoms. The number of likely N-dealkylation sites (tertiary alicyclic amines) is 1. The summed E-state index contributed by atoms with van der Waals surface area (Å²) in [5.74, 6) is 2.27. The Morgan fingerprint density at radius 2 is 2.13 bits per heavy atom. The minimum absolute atomic E-state index is 0.0442. The Kier molecular flexibility index (Phi) is 4.20. The summed E-state index contributed by atoms with van der Waals surface area (Å²) in [7, 11) is 1.86. The highest BCUT2D eigenvalue weighted by atomic mass is 16.2. The standard InChI is InChI=1S/C17H23N5O/c1-12-9-14(19-2)21-15(20-12)10-13-3-7-22(8-4-13)16(23)17(11-18)5-6-17/h9,13H,3-8,10H2,1-2H3,(H,19,20,21). The van der Waals surface area contributed by atoms with Crippen LogP contribution in [0.4, 0.5) is 5.82 Å². The summed E-state index contributed by atoms with van der Waals surface area (Å²) in [6.07, 6.45) is 4.22. The lowest BCUT2D eigenvalue weighted by Gasteiger charge is -2.33. The molecule has 2 aliphatic rings. The number of carbonyl (C=O) groups is 1. The third-order valence-electron chi connectivity index (χ3n) is 4.90. The molecule has 1 N–H and O–H groups in total. The Bertz CT molecular complexity index is 639. The highest BCUT2D eigenvalue weighted by Crippen LogP contribution is 2.47. The minimum atomic E-state index is -0.686. The SMILES string of the molecule is CNc1cc(C)nc(CC2CCN(C(=O)C3(C#N)CC3)CC2)n1. The van der Waals surface area contributed by atoms with Crippen molar-refractivity contribution in [2.45, 2.75) is 39.0 Å². The van der Waals surface area contributed by atoms with Gasteiger partial charge in [0.05, 0.1) is 6.07 Å². The second kappa shape index (κ2) is 6.15. The van der Waals surface area contributed by atoms with Gasteiger partial charge in [0.2, 0.25) is 5.91 Å². The molecule has 3 rings (SSSR count). The smallest absolute Gasteiger partial charge is 0.243 e. The van der Waals surface area contributed by atoms with Crippen LogP contribution in [0.25, 0.3) is 0 Å². The van der Waals surface area contributed by atoms with E-state index in [0.717, 1.165) is 62.5 Å². The monoisotopic (exact) mass is 313 g/mol. The molecule has 1 aromatic rings. The molecule has 6 nitrogen and oxygen atoms in total. The van der Waals surface area contributed by atoms with Crippen molar-refractivity contribution in [1.82, 2.24) is 14.9 Å². The molecule has 1 aromatic heterocycles. The quantitative estimate of drug-likeness (QED) is 0.918. The number of carbonyl (C=O) groups excluding carboxylic acids is 1. The van der Waals surface area contributed by atoms with Crippen LogP contribution in [0.5, 0.6) is 0 Å². The van der Waals surface area contributed by atoms with Gasteiger partial charge in [-0.05, 0) is 38.5 Å². The van der Waals surface area contributed by atoms with Crippen LogP contribution >= 0.6 is 0 Å². The molecule has 6 heteroatoms. The van der Waals surface area contributed by atoms with Gasteiger partial charge in [0.1, 0.15) is 17.1 Å². The number of aromatic nitrogens is 2. The zero-order valence-corrected chi connectivity index (χ0v) is 13.8. The van der Waals surface area contributed by atoms with E-state index in [9.17, 15) is 4.79 Å². The molecule has 2 fully saturated rings. The number of aryl methyl sites for hydroxylation is 1. The van der Waals surface area contributed by atoms with E-state index >= 15 is 0 Å². The molecule has 1 amide bonds. The van der Waals surface area contributed by atoms with Gasteiger partial charge in [-0.2, -0.15) is 5.26 Å². The van der Waals surface area contributed by atoms with Crippen LogP contribution in [0, 0.1) is 29.6 Å². The van der Waals surface area contributed by atoms with Crippen molar-refractivity contribution >= 4 is 11.7 Å². The largest absolute Gasteiger partial charge is 0.373 e. The van der Waals surface area contributed by atoms with E-state index in [1.807, 2.05) is 24.9 Å². The van der Waals surface area contributed by atoms with Crippen molar-refractivity contribution < 1.29 is 4.79 Å². The Morgan fingerprint density at radius 1 is 1.43 bits per heavy atom. The Morgan fingerprint density at radius 3 is 2.70 bits per heavy atom. The molecule has 23 heavy (non-hydrogen) atoms. The number of anilines is 1. The summed E-state index contributed by atoms with van der Waals surface area (Å²) in [6.45, 7) is 3.47. The van der Waals surface area contributed by atoms with Gasteiger partial charge in [-0.25, -0.2) is 9.97 Å². The summed E-state index contributed by atoms with van der Waals surface area (Å²) < 4.78 is 0. The number of piperidine rings is 1. The van der Waals surface area contributed by atoms with Gasteiger partial charge < -0.3 is 10.2 Å². The molecule has 1 saturated carbocycles. The highest BCUT2D eigenvalue weighted by Gasteiger charge is 2.52. The summed E-state index contributed by atoms with van der Waals surface area (Å²) >= 11 is 0. The van der Waals surface area contributed by atoms with E-state index in [0.29, 0.717) is 5.92 Å². The van der Waals surface area contributed by atoms with E-state index in [1.54, 1.807) is 0 Å². The zero-order chi connectivity index (χ0) is 16.4. The first-order chi connectivity index (χ1) is 11.1. The first-order valence-electron chi connectivity index (χ1n) is 8.29. The molecule has 2 heterocycles. The minimum Gasteiger partial charge on any atom is -0.373 e. The predicted molar refractivity (Wildman–Crippen MR) is 86.6 cm³/mol. The first kappa shape index (κ1) is 15.7. The summed E-state index contributed by atoms with van der Waals surface area (Å²) in [5.41, 5.74) is 0.283. The highest BCUT2D eigenvalue weighted by molar-refractivity contribution is 5.88. The average molecular weight is 313 g/mol. The number of amides is 1. The number of rotatable bonds is 4. The Balaban J connectivity index is 1.56. The molecular weight excluding hydrogens is 290 g/mol. The summed E-state index contributed by atoms with van der Waals surface area (Å²) in [4.78, 5) is 23.3. The van der Waals surface area contributed by atoms with Crippen molar-refractivity contribution in [2.24, 2.45) is 11.3 Å². The van der Waals surface area contributed by atoms with E-state index in [-0.39, 0.29) is 5.91 Å². The van der Waals surface area contributed by atoms with Crippen LogP contribution in [0.1, 0.15) is 37.2 Å². The number of nitriles is 1. The maximum absolute atomic E-state index is 12.4. The lowest BCUT2D eigenvalue weighted by molar-refractivity contribution is -0.136. The molecular formula is C17H23N5O. The molecule has 0 atom stereocenters. The van der Waals surface area contributed by atoms with Gasteiger partial charge in [-0.1, -0.05) is 0 Å². The van der Waals surface area contributed by atoms with Crippen molar-refractivity contribution in [3.05, 3.63) is 17.6 Å². The van der Waals surface area contributed by atoms with Gasteiger partial charge in [0.25, 0.3) is 0 Å². The lowest BCUT2D eigenvalue weighted by atomic mass is 9.92. The van der Waals surface area contributed by atoms with Crippen LogP contribution in [0.3, 0.4) is 0 Å². The summed E-state index contributed by atoms with van der Waals surface area (Å²) in [5, 5.41) is 12.2. The zero-order valence-electron chi connectivity index (χ0n) is 13.8. The maximum atomic E-state index is 12.4. The third-order valence-corrected chi connectivity index (χ3v) is 4.90. The normalized spacial score (nSPS) is 20.0. The molecule has 0 bridgehead atoms. The average Bonchev–Trinajstić information content (AvgIpc) is 3.35. The molecule has 0 unspecified atom stereocenters. The molecule has 122 valence electrons. The van der Waals surface area contributed by atoms with Crippen LogP contribution in [-0.2, 0) is 11.2 Å². The fourth-order valence-electron chi connectivity index (χ4n) is 3.25. The van der Waals surface area contributed by atoms with Gasteiger partial charge >= 0.3 is 0 Å². The number of nitrogens with zero attached hydrogens (tertiary/aromatic N) is 4. The predicted octanol–water partition coefficient (Wildman–Crippen LogP) is 1.91. The van der Waals surface area contributed by atoms with E-state index < -0.39 is 5.41 Å². The van der Waals surface area contributed by atoms with Crippen molar-refractivity contribution in [3.8, 4) is 6.07 Å². The lowest BCUT2D eigenvalue weighted by Crippen LogP contribution is -2.42. The fourth-order valence-corrected chi connectivity index (χ4v) is 3.25. The van der Waals surface area contributed by atoms with Gasteiger partial charge in [0.15, 0.2) is 0 Å². The van der Waals surface area contributed by atoms with E-state index in [1.165, 1.54) is 0 Å². The van der Waals surface area contributed by atoms with Gasteiger partial charge in [0, 0.05) is 38.3 Å². The number of nitrogens with one attached hydrogen (secondary N) is 1. The fraction of sp³-hybridized carbons (Fsp3) is 0.647. The molecule has 1 saturated heterocycles. The molecule has 0 radical (unpaired) electrons. The van der Waals surface area contributed by atoms with Crippen LogP contribution in [0.15, 0.2) is 6.07 Å². The van der Waals surface area contributed by atoms with Crippen molar-refractivity contribution in [3.63, 3.8) is 0 Å². The number of hydrogen-bond donors (Lipinski definition) is 1. The van der Waals surface area contributed by atoms with Crippen molar-refractivity contribution in [2.75, 3.05) is 25.5 Å². The van der Waals surface area contributed by atoms with Crippen LogP contribution in [-0.4, -0.2) is 40.9 Å². The second-order valence-corrected chi connectivity index (χ2v) is 6.69. The third kappa shape index (κ3) is 3.29. The number of hydrogen-bond acceptors (Lipinski definition) is 5. The maximum Gasteiger partial charge on any atom is 0.243 e. The molecule has 1 aliphatic carbocycles. The van der Waals surface area contributed by atoms with Gasteiger partial charge in [-0.15, -0.1) is 0 Å². The Labute approximate surface area is 136 Å². The topological polar surface area (TPSA) is 81.9 Å². The summed E-state index contributed by atoms with van der Waals surface area (Å²) in [6, 6.07) is 4.13.